The van der Waals surface area contributed by atoms with Gasteiger partial charge in [-0.05, 0) is 55.6 Å². The molecule has 0 saturated carbocycles. The van der Waals surface area contributed by atoms with E-state index in [9.17, 15) is 8.42 Å². The molecule has 1 aromatic carbocycles. The van der Waals surface area contributed by atoms with E-state index in [4.69, 9.17) is 5.73 Å². The minimum Gasteiger partial charge on any atom is -0.326 e. The predicted octanol–water partition coefficient (Wildman–Crippen LogP) is 1.08. The highest BCUT2D eigenvalue weighted by Gasteiger charge is 2.17. The smallest absolute Gasteiger partial charge is 0.240 e. The van der Waals surface area contributed by atoms with Crippen LogP contribution in [0.15, 0.2) is 23.1 Å². The summed E-state index contributed by atoms with van der Waals surface area (Å²) < 4.78 is 27.3. The standard InChI is InChI=1S/C15H25N3O2S/c1-2-13-5-6-15(11-14(13)12-16)21(19,20)17-7-10-18-8-3-4-9-18/h5-6,11,17H,2-4,7-10,12,16H2,1H3. The van der Waals surface area contributed by atoms with Gasteiger partial charge in [-0.2, -0.15) is 0 Å². The summed E-state index contributed by atoms with van der Waals surface area (Å²) in [5, 5.41) is 0. The van der Waals surface area contributed by atoms with Crippen molar-refractivity contribution in [3.63, 3.8) is 0 Å². The first-order valence-electron chi connectivity index (χ1n) is 7.60. The number of hydrogen-bond donors (Lipinski definition) is 2. The first-order valence-corrected chi connectivity index (χ1v) is 9.09. The number of sulfonamides is 1. The van der Waals surface area contributed by atoms with Crippen LogP contribution in [0.25, 0.3) is 0 Å². The zero-order valence-electron chi connectivity index (χ0n) is 12.6. The molecule has 118 valence electrons. The summed E-state index contributed by atoms with van der Waals surface area (Å²) in [7, 11) is -3.44. The molecular formula is C15H25N3O2S. The fourth-order valence-corrected chi connectivity index (χ4v) is 3.80. The van der Waals surface area contributed by atoms with Crippen molar-refractivity contribution >= 4 is 10.0 Å². The molecule has 1 aliphatic rings. The van der Waals surface area contributed by atoms with Gasteiger partial charge in [-0.1, -0.05) is 13.0 Å². The molecule has 0 amide bonds. The van der Waals surface area contributed by atoms with Crippen molar-refractivity contribution in [2.45, 2.75) is 37.6 Å². The highest BCUT2D eigenvalue weighted by Crippen LogP contribution is 2.16. The molecule has 1 heterocycles. The summed E-state index contributed by atoms with van der Waals surface area (Å²) in [6.07, 6.45) is 3.28. The maximum atomic E-state index is 12.3. The molecule has 1 fully saturated rings. The molecule has 5 nitrogen and oxygen atoms in total. The van der Waals surface area contributed by atoms with Crippen molar-refractivity contribution in [3.8, 4) is 0 Å². The van der Waals surface area contributed by atoms with Gasteiger partial charge >= 0.3 is 0 Å². The Hall–Kier alpha value is -0.950. The molecule has 21 heavy (non-hydrogen) atoms. The zero-order valence-corrected chi connectivity index (χ0v) is 13.5. The van der Waals surface area contributed by atoms with Crippen molar-refractivity contribution < 1.29 is 8.42 Å². The highest BCUT2D eigenvalue weighted by atomic mass is 32.2. The Morgan fingerprint density at radius 1 is 1.24 bits per heavy atom. The van der Waals surface area contributed by atoms with Gasteiger partial charge in [-0.15, -0.1) is 0 Å². The van der Waals surface area contributed by atoms with E-state index in [0.29, 0.717) is 18.0 Å². The van der Waals surface area contributed by atoms with E-state index >= 15 is 0 Å². The average molecular weight is 311 g/mol. The van der Waals surface area contributed by atoms with Gasteiger partial charge < -0.3 is 10.6 Å². The lowest BCUT2D eigenvalue weighted by Gasteiger charge is -2.15. The summed E-state index contributed by atoms with van der Waals surface area (Å²) in [6, 6.07) is 5.21. The van der Waals surface area contributed by atoms with Gasteiger partial charge in [0.25, 0.3) is 0 Å². The van der Waals surface area contributed by atoms with Crippen molar-refractivity contribution in [1.82, 2.24) is 9.62 Å². The Kier molecular flexibility index (Phi) is 5.75. The molecule has 0 radical (unpaired) electrons. The van der Waals surface area contributed by atoms with Gasteiger partial charge in [0, 0.05) is 19.6 Å². The van der Waals surface area contributed by atoms with Crippen LogP contribution in [0.4, 0.5) is 0 Å². The quantitative estimate of drug-likeness (QED) is 0.790. The molecular weight excluding hydrogens is 286 g/mol. The third-order valence-corrected chi connectivity index (χ3v) is 5.47. The average Bonchev–Trinajstić information content (AvgIpc) is 2.99. The van der Waals surface area contributed by atoms with E-state index in [1.165, 1.54) is 12.8 Å². The molecule has 2 rings (SSSR count). The number of nitrogens with one attached hydrogen (secondary N) is 1. The molecule has 0 atom stereocenters. The SMILES string of the molecule is CCc1ccc(S(=O)(=O)NCCN2CCCC2)cc1CN. The maximum Gasteiger partial charge on any atom is 0.240 e. The Labute approximate surface area is 127 Å². The topological polar surface area (TPSA) is 75.4 Å². The van der Waals surface area contributed by atoms with Gasteiger partial charge in [0.1, 0.15) is 0 Å². The van der Waals surface area contributed by atoms with E-state index in [1.54, 1.807) is 12.1 Å². The molecule has 1 aliphatic heterocycles. The van der Waals surface area contributed by atoms with Gasteiger partial charge in [0.15, 0.2) is 0 Å². The molecule has 0 aliphatic carbocycles. The predicted molar refractivity (Wildman–Crippen MR) is 84.6 cm³/mol. The summed E-state index contributed by atoms with van der Waals surface area (Å²) >= 11 is 0. The second kappa shape index (κ2) is 7.35. The van der Waals surface area contributed by atoms with Crippen LogP contribution >= 0.6 is 0 Å². The number of benzene rings is 1. The van der Waals surface area contributed by atoms with E-state index in [0.717, 1.165) is 37.2 Å². The summed E-state index contributed by atoms with van der Waals surface area (Å²) in [6.45, 7) is 5.78. The molecule has 1 aromatic rings. The molecule has 0 spiro atoms. The van der Waals surface area contributed by atoms with Crippen LogP contribution in [-0.2, 0) is 23.0 Å². The lowest BCUT2D eigenvalue weighted by atomic mass is 10.1. The summed E-state index contributed by atoms with van der Waals surface area (Å²) in [5.74, 6) is 0. The zero-order chi connectivity index (χ0) is 15.3. The van der Waals surface area contributed by atoms with E-state index in [2.05, 4.69) is 9.62 Å². The van der Waals surface area contributed by atoms with Gasteiger partial charge in [0.2, 0.25) is 10.0 Å². The fourth-order valence-electron chi connectivity index (χ4n) is 2.73. The van der Waals surface area contributed by atoms with E-state index in [-0.39, 0.29) is 0 Å². The Balaban J connectivity index is 2.01. The molecule has 0 aromatic heterocycles. The first kappa shape index (κ1) is 16.4. The third kappa shape index (κ3) is 4.26. The Morgan fingerprint density at radius 3 is 2.57 bits per heavy atom. The normalized spacial score (nSPS) is 16.5. The second-order valence-electron chi connectivity index (χ2n) is 5.43. The van der Waals surface area contributed by atoms with Crippen LogP contribution in [0.5, 0.6) is 0 Å². The Morgan fingerprint density at radius 2 is 1.95 bits per heavy atom. The minimum atomic E-state index is -3.44. The summed E-state index contributed by atoms with van der Waals surface area (Å²) in [5.41, 5.74) is 7.71. The molecule has 6 heteroatoms. The number of hydrogen-bond acceptors (Lipinski definition) is 4. The number of nitrogens with two attached hydrogens (primary N) is 1. The van der Waals surface area contributed by atoms with Crippen LogP contribution < -0.4 is 10.5 Å². The van der Waals surface area contributed by atoms with Crippen LogP contribution in [0, 0.1) is 0 Å². The van der Waals surface area contributed by atoms with Crippen LogP contribution in [0.3, 0.4) is 0 Å². The monoisotopic (exact) mass is 311 g/mol. The van der Waals surface area contributed by atoms with Crippen molar-refractivity contribution in [1.29, 1.82) is 0 Å². The van der Waals surface area contributed by atoms with Crippen LogP contribution in [0.2, 0.25) is 0 Å². The van der Waals surface area contributed by atoms with E-state index in [1.807, 2.05) is 13.0 Å². The van der Waals surface area contributed by atoms with Gasteiger partial charge in [-0.25, -0.2) is 13.1 Å². The Bertz CT molecular complexity index is 566. The molecule has 1 saturated heterocycles. The van der Waals surface area contributed by atoms with Gasteiger partial charge in [0.05, 0.1) is 4.90 Å². The summed E-state index contributed by atoms with van der Waals surface area (Å²) in [4.78, 5) is 2.59. The van der Waals surface area contributed by atoms with E-state index < -0.39 is 10.0 Å². The number of nitrogens with zero attached hydrogens (tertiary/aromatic N) is 1. The van der Waals surface area contributed by atoms with Crippen LogP contribution in [0.1, 0.15) is 30.9 Å². The van der Waals surface area contributed by atoms with Crippen molar-refractivity contribution in [3.05, 3.63) is 29.3 Å². The number of likely N-dealkylation sites (tertiary alicyclic amines) is 1. The fraction of sp³-hybridized carbons (Fsp3) is 0.600. The first-order chi connectivity index (χ1) is 10.1. The highest BCUT2D eigenvalue weighted by molar-refractivity contribution is 7.89. The van der Waals surface area contributed by atoms with Crippen LogP contribution in [-0.4, -0.2) is 39.5 Å². The van der Waals surface area contributed by atoms with Gasteiger partial charge in [-0.3, -0.25) is 0 Å². The molecule has 0 unspecified atom stereocenters. The number of aryl methyl sites for hydroxylation is 1. The van der Waals surface area contributed by atoms with Crippen molar-refractivity contribution in [2.24, 2.45) is 5.73 Å². The lowest BCUT2D eigenvalue weighted by Crippen LogP contribution is -2.33. The minimum absolute atomic E-state index is 0.307. The largest absolute Gasteiger partial charge is 0.326 e. The lowest BCUT2D eigenvalue weighted by molar-refractivity contribution is 0.344. The maximum absolute atomic E-state index is 12.3. The van der Waals surface area contributed by atoms with Crippen molar-refractivity contribution in [2.75, 3.05) is 26.2 Å². The third-order valence-electron chi connectivity index (χ3n) is 4.01. The molecule has 3 N–H and O–H groups in total. The number of rotatable bonds is 7. The molecule has 0 bridgehead atoms. The second-order valence-corrected chi connectivity index (χ2v) is 7.20.